The van der Waals surface area contributed by atoms with E-state index in [-0.39, 0.29) is 16.2 Å². The van der Waals surface area contributed by atoms with Crippen LogP contribution in [-0.2, 0) is 26.1 Å². The molecular formula is C17H16N2O4S2. The summed E-state index contributed by atoms with van der Waals surface area (Å²) >= 11 is 1.21. The predicted molar refractivity (Wildman–Crippen MR) is 95.8 cm³/mol. The zero-order valence-corrected chi connectivity index (χ0v) is 15.3. The Morgan fingerprint density at radius 2 is 1.84 bits per heavy atom. The molecule has 2 aromatic carbocycles. The van der Waals surface area contributed by atoms with Gasteiger partial charge in [0.15, 0.2) is 0 Å². The van der Waals surface area contributed by atoms with E-state index in [1.165, 1.54) is 30.6 Å². The van der Waals surface area contributed by atoms with E-state index in [2.05, 4.69) is 4.40 Å². The van der Waals surface area contributed by atoms with E-state index in [0.29, 0.717) is 0 Å². The number of rotatable bonds is 4. The Morgan fingerprint density at radius 3 is 2.52 bits per heavy atom. The number of esters is 1. The van der Waals surface area contributed by atoms with Gasteiger partial charge in [0.2, 0.25) is 4.80 Å². The van der Waals surface area contributed by atoms with Gasteiger partial charge >= 0.3 is 5.97 Å². The summed E-state index contributed by atoms with van der Waals surface area (Å²) in [6.45, 7) is 1.77. The van der Waals surface area contributed by atoms with Crippen LogP contribution in [0.2, 0.25) is 0 Å². The summed E-state index contributed by atoms with van der Waals surface area (Å²) in [5.41, 5.74) is 1.69. The van der Waals surface area contributed by atoms with Crippen LogP contribution in [-0.4, -0.2) is 26.1 Å². The van der Waals surface area contributed by atoms with Crippen LogP contribution in [0.3, 0.4) is 0 Å². The minimum atomic E-state index is -3.88. The molecule has 0 saturated carbocycles. The van der Waals surface area contributed by atoms with Crippen LogP contribution < -0.4 is 4.80 Å². The van der Waals surface area contributed by atoms with Crippen molar-refractivity contribution in [3.63, 3.8) is 0 Å². The number of thiazole rings is 1. The maximum atomic E-state index is 12.6. The van der Waals surface area contributed by atoms with Crippen LogP contribution in [0.25, 0.3) is 10.2 Å². The molecule has 3 rings (SSSR count). The van der Waals surface area contributed by atoms with Gasteiger partial charge in [-0.15, -0.1) is 4.40 Å². The average molecular weight is 376 g/mol. The molecule has 8 heteroatoms. The molecule has 0 N–H and O–H groups in total. The second kappa shape index (κ2) is 6.81. The summed E-state index contributed by atoms with van der Waals surface area (Å²) in [4.78, 5) is 12.1. The lowest BCUT2D eigenvalue weighted by molar-refractivity contribution is -0.141. The summed E-state index contributed by atoms with van der Waals surface area (Å²) in [5, 5.41) is 0. The van der Waals surface area contributed by atoms with Crippen LogP contribution in [0.15, 0.2) is 57.8 Å². The number of ether oxygens (including phenoxy) is 1. The third-order valence-corrected chi connectivity index (χ3v) is 6.08. The number of hydrogen-bond donors (Lipinski definition) is 0. The third kappa shape index (κ3) is 3.64. The second-order valence-electron chi connectivity index (χ2n) is 5.39. The lowest BCUT2D eigenvalue weighted by Gasteiger charge is -2.04. The van der Waals surface area contributed by atoms with Crippen molar-refractivity contribution in [3.8, 4) is 0 Å². The topological polar surface area (TPSA) is 77.7 Å². The summed E-state index contributed by atoms with van der Waals surface area (Å²) in [7, 11) is -2.59. The molecule has 0 radical (unpaired) electrons. The van der Waals surface area contributed by atoms with Gasteiger partial charge in [-0.2, -0.15) is 8.42 Å². The molecule has 0 fully saturated rings. The number of aryl methyl sites for hydroxylation is 1. The predicted octanol–water partition coefficient (Wildman–Crippen LogP) is 2.47. The number of carbonyl (C=O) groups is 1. The van der Waals surface area contributed by atoms with E-state index < -0.39 is 16.0 Å². The smallest absolute Gasteiger partial charge is 0.325 e. The molecule has 0 saturated heterocycles. The number of carbonyl (C=O) groups excluding carboxylic acids is 1. The second-order valence-corrected chi connectivity index (χ2v) is 8.01. The van der Waals surface area contributed by atoms with Crippen molar-refractivity contribution in [2.75, 3.05) is 7.11 Å². The average Bonchev–Trinajstić information content (AvgIpc) is 2.92. The van der Waals surface area contributed by atoms with Gasteiger partial charge < -0.3 is 9.30 Å². The summed E-state index contributed by atoms with van der Waals surface area (Å²) in [5.74, 6) is -0.474. The first-order valence-electron chi connectivity index (χ1n) is 7.43. The summed E-state index contributed by atoms with van der Waals surface area (Å²) in [6.07, 6.45) is 0. The van der Waals surface area contributed by atoms with Crippen molar-refractivity contribution in [1.82, 2.24) is 4.57 Å². The highest BCUT2D eigenvalue weighted by molar-refractivity contribution is 7.90. The van der Waals surface area contributed by atoms with Gasteiger partial charge in [-0.25, -0.2) is 0 Å². The molecule has 0 unspecified atom stereocenters. The number of aromatic nitrogens is 1. The maximum absolute atomic E-state index is 12.6. The van der Waals surface area contributed by atoms with Gasteiger partial charge in [0, 0.05) is 0 Å². The van der Waals surface area contributed by atoms with Crippen LogP contribution >= 0.6 is 11.3 Å². The first-order chi connectivity index (χ1) is 11.9. The Balaban J connectivity index is 2.19. The molecule has 0 aliphatic carbocycles. The molecule has 0 aliphatic rings. The zero-order valence-electron chi connectivity index (χ0n) is 13.7. The van der Waals surface area contributed by atoms with Gasteiger partial charge in [-0.3, -0.25) is 4.79 Å². The van der Waals surface area contributed by atoms with Crippen LogP contribution in [0.4, 0.5) is 0 Å². The molecule has 0 bridgehead atoms. The van der Waals surface area contributed by atoms with Crippen molar-refractivity contribution in [2.45, 2.75) is 18.4 Å². The van der Waals surface area contributed by atoms with Gasteiger partial charge in [0.25, 0.3) is 10.0 Å². The standard InChI is InChI=1S/C17H16N2O4S2/c1-12-7-9-13(10-8-12)25(21,22)18-17-19(11-16(20)23-2)14-5-3-4-6-15(14)24-17/h3-10H,11H2,1-2H3. The lowest BCUT2D eigenvalue weighted by atomic mass is 10.2. The van der Waals surface area contributed by atoms with Crippen molar-refractivity contribution in [2.24, 2.45) is 4.40 Å². The Labute approximate surface area is 149 Å². The Bertz CT molecular complexity index is 1090. The molecule has 25 heavy (non-hydrogen) atoms. The first-order valence-corrected chi connectivity index (χ1v) is 9.69. The Hall–Kier alpha value is -2.45. The molecule has 0 atom stereocenters. The van der Waals surface area contributed by atoms with Crippen molar-refractivity contribution in [3.05, 3.63) is 58.9 Å². The SMILES string of the molecule is COC(=O)Cn1c(=NS(=O)(=O)c2ccc(C)cc2)sc2ccccc21. The summed E-state index contributed by atoms with van der Waals surface area (Å²) < 4.78 is 36.3. The van der Waals surface area contributed by atoms with E-state index in [9.17, 15) is 13.2 Å². The van der Waals surface area contributed by atoms with Gasteiger partial charge in [-0.05, 0) is 31.2 Å². The Morgan fingerprint density at radius 1 is 1.16 bits per heavy atom. The van der Waals surface area contributed by atoms with Crippen molar-refractivity contribution < 1.29 is 17.9 Å². The molecule has 1 aromatic heterocycles. The molecular weight excluding hydrogens is 360 g/mol. The van der Waals surface area contributed by atoms with E-state index in [0.717, 1.165) is 15.8 Å². The zero-order chi connectivity index (χ0) is 18.0. The largest absolute Gasteiger partial charge is 0.468 e. The summed E-state index contributed by atoms with van der Waals surface area (Å²) in [6, 6.07) is 13.8. The number of methoxy groups -OCH3 is 1. The maximum Gasteiger partial charge on any atom is 0.325 e. The molecule has 6 nitrogen and oxygen atoms in total. The highest BCUT2D eigenvalue weighted by atomic mass is 32.2. The first kappa shape index (κ1) is 17.4. The molecule has 0 amide bonds. The molecule has 3 aromatic rings. The number of benzene rings is 2. The van der Waals surface area contributed by atoms with Crippen LogP contribution in [0.1, 0.15) is 5.56 Å². The number of hydrogen-bond acceptors (Lipinski definition) is 5. The van der Waals surface area contributed by atoms with E-state index in [1.54, 1.807) is 16.7 Å². The van der Waals surface area contributed by atoms with Gasteiger partial charge in [0.1, 0.15) is 6.54 Å². The monoisotopic (exact) mass is 376 g/mol. The van der Waals surface area contributed by atoms with Gasteiger partial charge in [-0.1, -0.05) is 41.2 Å². The highest BCUT2D eigenvalue weighted by Gasteiger charge is 2.16. The van der Waals surface area contributed by atoms with E-state index in [1.807, 2.05) is 31.2 Å². The van der Waals surface area contributed by atoms with Crippen LogP contribution in [0, 0.1) is 6.92 Å². The molecule has 1 heterocycles. The fourth-order valence-electron chi connectivity index (χ4n) is 2.30. The Kier molecular flexibility index (Phi) is 4.73. The molecule has 130 valence electrons. The van der Waals surface area contributed by atoms with Gasteiger partial charge in [0.05, 0.1) is 22.2 Å². The highest BCUT2D eigenvalue weighted by Crippen LogP contribution is 2.18. The lowest BCUT2D eigenvalue weighted by Crippen LogP contribution is -2.22. The van der Waals surface area contributed by atoms with E-state index in [4.69, 9.17) is 4.74 Å². The normalized spacial score (nSPS) is 12.5. The quantitative estimate of drug-likeness (QED) is 0.656. The fourth-order valence-corrected chi connectivity index (χ4v) is 4.54. The third-order valence-electron chi connectivity index (χ3n) is 3.62. The van der Waals surface area contributed by atoms with Crippen LogP contribution in [0.5, 0.6) is 0 Å². The number of para-hydroxylation sites is 1. The van der Waals surface area contributed by atoms with Crippen molar-refractivity contribution >= 4 is 37.5 Å². The number of nitrogens with zero attached hydrogens (tertiary/aromatic N) is 2. The van der Waals surface area contributed by atoms with Crippen molar-refractivity contribution in [1.29, 1.82) is 0 Å². The molecule has 0 spiro atoms. The number of fused-ring (bicyclic) bond motifs is 1. The molecule has 0 aliphatic heterocycles. The van der Waals surface area contributed by atoms with E-state index >= 15 is 0 Å². The number of sulfonamides is 1. The minimum absolute atomic E-state index is 0.108. The fraction of sp³-hybridized carbons (Fsp3) is 0.176. The minimum Gasteiger partial charge on any atom is -0.468 e.